The Balaban J connectivity index is 1.42. The van der Waals surface area contributed by atoms with Gasteiger partial charge in [0.15, 0.2) is 6.61 Å². The van der Waals surface area contributed by atoms with Crippen molar-refractivity contribution in [3.05, 3.63) is 77.4 Å². The quantitative estimate of drug-likeness (QED) is 0.507. The number of rotatable bonds is 7. The van der Waals surface area contributed by atoms with E-state index in [1.807, 2.05) is 50.4 Å². The first-order valence-electron chi connectivity index (χ1n) is 11.7. The highest BCUT2D eigenvalue weighted by Gasteiger charge is 2.35. The van der Waals surface area contributed by atoms with E-state index >= 15 is 0 Å². The zero-order valence-electron chi connectivity index (χ0n) is 20.1. The summed E-state index contributed by atoms with van der Waals surface area (Å²) in [5.41, 5.74) is 3.27. The molecule has 1 aliphatic heterocycles. The van der Waals surface area contributed by atoms with Gasteiger partial charge in [-0.15, -0.1) is 0 Å². The lowest BCUT2D eigenvalue weighted by Crippen LogP contribution is -2.31. The molecule has 3 atom stereocenters. The second kappa shape index (κ2) is 10.4. The lowest BCUT2D eigenvalue weighted by atomic mass is 9.76. The summed E-state index contributed by atoms with van der Waals surface area (Å²) in [6.45, 7) is 6.60. The number of nitrogens with one attached hydrogen (secondary N) is 1. The van der Waals surface area contributed by atoms with E-state index in [1.54, 1.807) is 16.9 Å². The Hall–Kier alpha value is -3.19. The lowest BCUT2D eigenvalue weighted by molar-refractivity contribution is -0.118. The largest absolute Gasteiger partial charge is 0.484 e. The molecule has 0 saturated carbocycles. The molecule has 2 aromatic carbocycles. The molecule has 34 heavy (non-hydrogen) atoms. The Labute approximate surface area is 200 Å². The molecule has 1 aromatic heterocycles. The van der Waals surface area contributed by atoms with Crippen LogP contribution in [0.4, 0.5) is 10.1 Å². The molecular formula is C27H32FN3O3. The van der Waals surface area contributed by atoms with Crippen molar-refractivity contribution in [1.29, 1.82) is 0 Å². The topological polar surface area (TPSA) is 65.4 Å². The Morgan fingerprint density at radius 3 is 2.76 bits per heavy atom. The number of halogens is 1. The van der Waals surface area contributed by atoms with E-state index in [4.69, 9.17) is 9.47 Å². The number of anilines is 1. The van der Waals surface area contributed by atoms with Crippen LogP contribution in [0.3, 0.4) is 0 Å². The van der Waals surface area contributed by atoms with Gasteiger partial charge in [0.05, 0.1) is 30.3 Å². The van der Waals surface area contributed by atoms with Gasteiger partial charge in [-0.3, -0.25) is 9.48 Å². The van der Waals surface area contributed by atoms with Crippen molar-refractivity contribution < 1.29 is 18.7 Å². The Morgan fingerprint density at radius 2 is 2.06 bits per heavy atom. The molecule has 0 spiro atoms. The first-order chi connectivity index (χ1) is 16.3. The summed E-state index contributed by atoms with van der Waals surface area (Å²) in [7, 11) is 1.82. The fourth-order valence-corrected chi connectivity index (χ4v) is 4.59. The second-order valence-electron chi connectivity index (χ2n) is 9.29. The molecule has 0 radical (unpaired) electrons. The number of benzene rings is 2. The molecule has 1 aliphatic rings. The van der Waals surface area contributed by atoms with Crippen LogP contribution in [0.2, 0.25) is 0 Å². The van der Waals surface area contributed by atoms with Gasteiger partial charge in [-0.25, -0.2) is 4.39 Å². The van der Waals surface area contributed by atoms with Gasteiger partial charge in [-0.2, -0.15) is 5.10 Å². The molecule has 180 valence electrons. The van der Waals surface area contributed by atoms with Gasteiger partial charge < -0.3 is 14.8 Å². The van der Waals surface area contributed by atoms with Gasteiger partial charge in [0, 0.05) is 13.0 Å². The third kappa shape index (κ3) is 5.30. The minimum Gasteiger partial charge on any atom is -0.484 e. The van der Waals surface area contributed by atoms with Crippen molar-refractivity contribution >= 4 is 11.6 Å². The van der Waals surface area contributed by atoms with E-state index in [0.717, 1.165) is 23.2 Å². The van der Waals surface area contributed by atoms with Crippen LogP contribution in [0, 0.1) is 24.6 Å². The second-order valence-corrected chi connectivity index (χ2v) is 9.29. The van der Waals surface area contributed by atoms with Crippen LogP contribution in [-0.2, 0) is 16.6 Å². The average molecular weight is 466 g/mol. The summed E-state index contributed by atoms with van der Waals surface area (Å²) in [6, 6.07) is 14.7. The maximum absolute atomic E-state index is 14.4. The number of carbonyl (C=O) groups excluding carboxylic acids is 1. The lowest BCUT2D eigenvalue weighted by Gasteiger charge is -2.39. The predicted molar refractivity (Wildman–Crippen MR) is 129 cm³/mol. The molecule has 2 heterocycles. The van der Waals surface area contributed by atoms with Crippen LogP contribution in [0.1, 0.15) is 49.1 Å². The van der Waals surface area contributed by atoms with Crippen LogP contribution in [0.25, 0.3) is 0 Å². The minimum absolute atomic E-state index is 0.0314. The van der Waals surface area contributed by atoms with Crippen LogP contribution >= 0.6 is 0 Å². The van der Waals surface area contributed by atoms with Crippen LogP contribution in [0.5, 0.6) is 5.75 Å². The highest BCUT2D eigenvalue weighted by atomic mass is 19.1. The van der Waals surface area contributed by atoms with E-state index < -0.39 is 0 Å². The van der Waals surface area contributed by atoms with Crippen LogP contribution in [0.15, 0.2) is 54.7 Å². The Bertz CT molecular complexity index is 1140. The Kier molecular flexibility index (Phi) is 7.32. The number of hydrogen-bond donors (Lipinski definition) is 1. The standard InChI is InChI=1S/C27H32FN3O3/c1-17(2)23-13-20(22-10-5-6-11-24(22)28)15-34-27(23)19-8-7-9-21(12-19)33-16-26(32)30-25-14-29-31(4)18(25)3/h5-12,14,17,20,23,27H,13,15-16H2,1-4H3,(H,30,32)/t20-,23-,27-/m0/s1. The highest BCUT2D eigenvalue weighted by Crippen LogP contribution is 2.44. The number of aromatic nitrogens is 2. The highest BCUT2D eigenvalue weighted by molar-refractivity contribution is 5.92. The SMILES string of the molecule is Cc1c(NC(=O)COc2cccc([C@@H]3OC[C@@H](c4ccccc4F)C[C@H]3C(C)C)c2)cnn1C. The first kappa shape index (κ1) is 24.0. The van der Waals surface area contributed by atoms with E-state index in [1.165, 1.54) is 6.07 Å². The van der Waals surface area contributed by atoms with Crippen molar-refractivity contribution in [1.82, 2.24) is 9.78 Å². The number of amides is 1. The van der Waals surface area contributed by atoms with E-state index in [0.29, 0.717) is 24.0 Å². The maximum Gasteiger partial charge on any atom is 0.262 e. The number of aryl methyl sites for hydroxylation is 1. The summed E-state index contributed by atoms with van der Waals surface area (Å²) in [4.78, 5) is 12.3. The Morgan fingerprint density at radius 1 is 1.26 bits per heavy atom. The molecule has 1 amide bonds. The predicted octanol–water partition coefficient (Wildman–Crippen LogP) is 5.40. The molecule has 6 nitrogen and oxygen atoms in total. The molecule has 1 N–H and O–H groups in total. The van der Waals surface area contributed by atoms with E-state index in [-0.39, 0.29) is 36.3 Å². The molecule has 4 rings (SSSR count). The summed E-state index contributed by atoms with van der Waals surface area (Å²) in [6.07, 6.45) is 2.36. The van der Waals surface area contributed by atoms with Crippen molar-refractivity contribution in [2.75, 3.05) is 18.5 Å². The summed E-state index contributed by atoms with van der Waals surface area (Å²) < 4.78 is 28.2. The third-order valence-corrected chi connectivity index (χ3v) is 6.69. The van der Waals surface area contributed by atoms with E-state index in [9.17, 15) is 9.18 Å². The monoisotopic (exact) mass is 465 g/mol. The van der Waals surface area contributed by atoms with Crippen LogP contribution in [-0.4, -0.2) is 28.9 Å². The summed E-state index contributed by atoms with van der Waals surface area (Å²) in [5, 5.41) is 6.95. The first-order valence-corrected chi connectivity index (χ1v) is 11.7. The van der Waals surface area contributed by atoms with Crippen molar-refractivity contribution in [2.45, 2.75) is 39.2 Å². The number of carbonyl (C=O) groups is 1. The third-order valence-electron chi connectivity index (χ3n) is 6.69. The van der Waals surface area contributed by atoms with Gasteiger partial charge in [-0.1, -0.05) is 44.2 Å². The molecule has 1 fully saturated rings. The summed E-state index contributed by atoms with van der Waals surface area (Å²) in [5.74, 6) is 0.806. The van der Waals surface area contributed by atoms with Crippen molar-refractivity contribution in [2.24, 2.45) is 18.9 Å². The molecule has 3 aromatic rings. The number of ether oxygens (including phenoxy) is 2. The van der Waals surface area contributed by atoms with Crippen molar-refractivity contribution in [3.8, 4) is 5.75 Å². The smallest absolute Gasteiger partial charge is 0.262 e. The zero-order chi connectivity index (χ0) is 24.2. The van der Waals surface area contributed by atoms with Crippen molar-refractivity contribution in [3.63, 3.8) is 0 Å². The minimum atomic E-state index is -0.247. The summed E-state index contributed by atoms with van der Waals surface area (Å²) >= 11 is 0. The molecule has 0 unspecified atom stereocenters. The van der Waals surface area contributed by atoms with Gasteiger partial charge in [0.1, 0.15) is 11.6 Å². The van der Waals surface area contributed by atoms with Gasteiger partial charge in [0.25, 0.3) is 5.91 Å². The number of nitrogens with zero attached hydrogens (tertiary/aromatic N) is 2. The molecule has 0 bridgehead atoms. The van der Waals surface area contributed by atoms with E-state index in [2.05, 4.69) is 24.3 Å². The average Bonchev–Trinajstić information content (AvgIpc) is 3.15. The number of hydrogen-bond acceptors (Lipinski definition) is 4. The van der Waals surface area contributed by atoms with Crippen LogP contribution < -0.4 is 10.1 Å². The zero-order valence-corrected chi connectivity index (χ0v) is 20.1. The van der Waals surface area contributed by atoms with Gasteiger partial charge in [-0.05, 0) is 54.5 Å². The maximum atomic E-state index is 14.4. The fraction of sp³-hybridized carbons (Fsp3) is 0.407. The molecule has 1 saturated heterocycles. The normalized spacial score (nSPS) is 20.4. The molecule has 0 aliphatic carbocycles. The van der Waals surface area contributed by atoms with Gasteiger partial charge >= 0.3 is 0 Å². The molecular weight excluding hydrogens is 433 g/mol. The molecule has 7 heteroatoms. The van der Waals surface area contributed by atoms with Gasteiger partial charge in [0.2, 0.25) is 0 Å². The fourth-order valence-electron chi connectivity index (χ4n) is 4.59.